The number of carboxylic acid groups (broad SMARTS) is 2. The Kier molecular flexibility index (Phi) is 10.4. The summed E-state index contributed by atoms with van der Waals surface area (Å²) in [5, 5.41) is 14.2. The molecule has 2 aromatic heterocycles. The summed E-state index contributed by atoms with van der Waals surface area (Å²) in [5.74, 6) is -4.57. The largest absolute Gasteiger partial charge is 0.490 e. The van der Waals surface area contributed by atoms with Gasteiger partial charge in [0, 0.05) is 41.7 Å². The molecular formula is C24H25F6N3O7. The van der Waals surface area contributed by atoms with Crippen molar-refractivity contribution in [2.45, 2.75) is 38.2 Å². The zero-order valence-electron chi connectivity index (χ0n) is 21.1. The third-order valence-electron chi connectivity index (χ3n) is 5.69. The van der Waals surface area contributed by atoms with Crippen LogP contribution < -0.4 is 4.74 Å². The molecule has 0 aliphatic carbocycles. The Hall–Kier alpha value is -3.95. The molecule has 220 valence electrons. The van der Waals surface area contributed by atoms with Crippen molar-refractivity contribution in [2.24, 2.45) is 5.92 Å². The van der Waals surface area contributed by atoms with Crippen LogP contribution in [0.5, 0.6) is 5.88 Å². The maximum Gasteiger partial charge on any atom is 0.490 e. The zero-order chi connectivity index (χ0) is 30.3. The molecule has 4 rings (SSSR count). The highest BCUT2D eigenvalue weighted by atomic mass is 19.4. The number of carboxylic acids is 2. The van der Waals surface area contributed by atoms with Crippen molar-refractivity contribution in [3.63, 3.8) is 0 Å². The number of ether oxygens (including phenoxy) is 2. The van der Waals surface area contributed by atoms with Crippen LogP contribution >= 0.6 is 0 Å². The average molecular weight is 581 g/mol. The summed E-state index contributed by atoms with van der Waals surface area (Å²) in [5.41, 5.74) is 2.15. The fourth-order valence-electron chi connectivity index (χ4n) is 3.87. The van der Waals surface area contributed by atoms with Gasteiger partial charge in [0.2, 0.25) is 5.88 Å². The van der Waals surface area contributed by atoms with E-state index in [1.165, 1.54) is 0 Å². The summed E-state index contributed by atoms with van der Waals surface area (Å²) in [4.78, 5) is 40.9. The van der Waals surface area contributed by atoms with E-state index >= 15 is 0 Å². The smallest absolute Gasteiger partial charge is 0.477 e. The number of hydrogen-bond acceptors (Lipinski definition) is 7. The number of halogens is 6. The number of alkyl halides is 6. The van der Waals surface area contributed by atoms with Crippen molar-refractivity contribution in [3.05, 3.63) is 53.5 Å². The number of rotatable bonds is 4. The molecule has 10 nitrogen and oxygen atoms in total. The lowest BCUT2D eigenvalue weighted by Crippen LogP contribution is -2.66. The molecule has 0 saturated carbocycles. The Morgan fingerprint density at radius 3 is 2.00 bits per heavy atom. The molecular weight excluding hydrogens is 556 g/mol. The maximum absolute atomic E-state index is 12.8. The lowest BCUT2D eigenvalue weighted by atomic mass is 9.81. The first-order valence-corrected chi connectivity index (χ1v) is 11.5. The molecule has 2 saturated heterocycles. The van der Waals surface area contributed by atoms with Gasteiger partial charge in [-0.05, 0) is 38.5 Å². The normalized spacial score (nSPS) is 17.5. The molecule has 2 aliphatic heterocycles. The minimum absolute atomic E-state index is 0.0455. The van der Waals surface area contributed by atoms with Crippen molar-refractivity contribution in [1.82, 2.24) is 14.9 Å². The number of carbonyl (C=O) groups is 3. The van der Waals surface area contributed by atoms with Crippen LogP contribution in [0.3, 0.4) is 0 Å². The van der Waals surface area contributed by atoms with Crippen LogP contribution in [0.1, 0.15) is 28.2 Å². The van der Waals surface area contributed by atoms with E-state index < -0.39 is 24.3 Å². The summed E-state index contributed by atoms with van der Waals surface area (Å²) in [6.45, 7) is 6.32. The third-order valence-corrected chi connectivity index (χ3v) is 5.69. The van der Waals surface area contributed by atoms with E-state index in [9.17, 15) is 31.1 Å². The van der Waals surface area contributed by atoms with Crippen LogP contribution in [0.15, 0.2) is 36.5 Å². The number of pyridine rings is 2. The topological polar surface area (TPSA) is 139 Å². The van der Waals surface area contributed by atoms with Crippen LogP contribution in [-0.2, 0) is 14.3 Å². The van der Waals surface area contributed by atoms with Gasteiger partial charge in [0.15, 0.2) is 0 Å². The summed E-state index contributed by atoms with van der Waals surface area (Å²) in [7, 11) is 0. The zero-order valence-corrected chi connectivity index (χ0v) is 21.1. The van der Waals surface area contributed by atoms with Gasteiger partial charge in [0.1, 0.15) is 5.60 Å². The van der Waals surface area contributed by atoms with E-state index in [2.05, 4.69) is 9.97 Å². The van der Waals surface area contributed by atoms with E-state index in [0.717, 1.165) is 17.8 Å². The van der Waals surface area contributed by atoms with Gasteiger partial charge in [-0.1, -0.05) is 6.07 Å². The van der Waals surface area contributed by atoms with E-state index in [1.807, 2.05) is 49.1 Å². The Bertz CT molecular complexity index is 1140. The number of amides is 1. The van der Waals surface area contributed by atoms with Crippen molar-refractivity contribution in [1.29, 1.82) is 0 Å². The molecule has 1 amide bonds. The van der Waals surface area contributed by atoms with Gasteiger partial charge in [-0.25, -0.2) is 14.6 Å². The minimum atomic E-state index is -5.08. The van der Waals surface area contributed by atoms with Crippen molar-refractivity contribution in [3.8, 4) is 5.88 Å². The molecule has 1 unspecified atom stereocenters. The second kappa shape index (κ2) is 12.9. The predicted octanol–water partition coefficient (Wildman–Crippen LogP) is 3.67. The van der Waals surface area contributed by atoms with Crippen molar-refractivity contribution < 1.29 is 60.4 Å². The monoisotopic (exact) mass is 581 g/mol. The molecule has 4 heterocycles. The van der Waals surface area contributed by atoms with Gasteiger partial charge in [-0.2, -0.15) is 26.3 Å². The number of aryl methyl sites for hydroxylation is 2. The highest BCUT2D eigenvalue weighted by Gasteiger charge is 2.54. The summed E-state index contributed by atoms with van der Waals surface area (Å²) in [6.07, 6.45) is -7.50. The van der Waals surface area contributed by atoms with Crippen molar-refractivity contribution in [2.75, 3.05) is 26.3 Å². The number of carbonyl (C=O) groups excluding carboxylic acids is 1. The average Bonchev–Trinajstić information content (AvgIpc) is 3.25. The summed E-state index contributed by atoms with van der Waals surface area (Å²) in [6, 6.07) is 9.32. The molecule has 16 heteroatoms. The number of likely N-dealkylation sites (tertiary alicyclic amines) is 1. The SMILES string of the molecule is Cc1cc(C(=O)N2CC3(C2)OCCC3COc2ccccn2)cc(C)n1.O=C(O)C(F)(F)F.O=C(O)C(F)(F)F. The molecule has 1 atom stereocenters. The third kappa shape index (κ3) is 9.07. The standard InChI is InChI=1S/C20H23N3O3.2C2HF3O2/c1-14-9-16(10-15(2)22-14)19(24)23-12-20(13-23)17(6-8-26-20)11-25-18-5-3-4-7-21-18;2*3-2(4,5)1(6)7/h3-5,7,9-10,17H,6,8,11-13H2,1-2H3;2*(H,6,7). The Balaban J connectivity index is 0.000000333. The van der Waals surface area contributed by atoms with Crippen LogP contribution in [0.4, 0.5) is 26.3 Å². The summed E-state index contributed by atoms with van der Waals surface area (Å²) < 4.78 is 75.3. The molecule has 2 aliphatic rings. The Labute approximate surface area is 223 Å². The number of aliphatic carboxylic acids is 2. The molecule has 2 fully saturated rings. The van der Waals surface area contributed by atoms with E-state index in [1.54, 1.807) is 6.20 Å². The highest BCUT2D eigenvalue weighted by Crippen LogP contribution is 2.40. The van der Waals surface area contributed by atoms with Gasteiger partial charge >= 0.3 is 24.3 Å². The first-order valence-electron chi connectivity index (χ1n) is 11.5. The molecule has 2 aromatic rings. The molecule has 1 spiro atoms. The van der Waals surface area contributed by atoms with Gasteiger partial charge in [0.05, 0.1) is 19.7 Å². The lowest BCUT2D eigenvalue weighted by Gasteiger charge is -2.50. The fourth-order valence-corrected chi connectivity index (χ4v) is 3.87. The van der Waals surface area contributed by atoms with Gasteiger partial charge in [0.25, 0.3) is 5.91 Å². The lowest BCUT2D eigenvalue weighted by molar-refractivity contribution is -0.193. The van der Waals surface area contributed by atoms with Gasteiger partial charge in [-0.15, -0.1) is 0 Å². The number of aromatic nitrogens is 2. The van der Waals surface area contributed by atoms with Crippen molar-refractivity contribution >= 4 is 17.8 Å². The van der Waals surface area contributed by atoms with E-state index in [-0.39, 0.29) is 17.4 Å². The van der Waals surface area contributed by atoms with Crippen LogP contribution in [0.25, 0.3) is 0 Å². The fraction of sp³-hybridized carbons (Fsp3) is 0.458. The maximum atomic E-state index is 12.8. The molecule has 0 bridgehead atoms. The molecule has 0 aromatic carbocycles. The van der Waals surface area contributed by atoms with Gasteiger partial charge < -0.3 is 24.6 Å². The Morgan fingerprint density at radius 2 is 1.55 bits per heavy atom. The Morgan fingerprint density at radius 1 is 1.02 bits per heavy atom. The highest BCUT2D eigenvalue weighted by molar-refractivity contribution is 5.95. The van der Waals surface area contributed by atoms with Gasteiger partial charge in [-0.3, -0.25) is 9.78 Å². The number of hydrogen-bond donors (Lipinski definition) is 2. The number of nitrogens with zero attached hydrogens (tertiary/aromatic N) is 3. The molecule has 0 radical (unpaired) electrons. The van der Waals surface area contributed by atoms with E-state index in [4.69, 9.17) is 29.3 Å². The second-order valence-corrected chi connectivity index (χ2v) is 8.78. The first-order chi connectivity index (χ1) is 18.4. The predicted molar refractivity (Wildman–Crippen MR) is 124 cm³/mol. The molecule has 40 heavy (non-hydrogen) atoms. The quantitative estimate of drug-likeness (QED) is 0.518. The van der Waals surface area contributed by atoms with E-state index in [0.29, 0.717) is 37.7 Å². The van der Waals surface area contributed by atoms with Crippen LogP contribution in [0, 0.1) is 19.8 Å². The van der Waals surface area contributed by atoms with Crippen LogP contribution in [0.2, 0.25) is 0 Å². The first kappa shape index (κ1) is 32.3. The minimum Gasteiger partial charge on any atom is -0.477 e. The summed E-state index contributed by atoms with van der Waals surface area (Å²) >= 11 is 0. The van der Waals surface area contributed by atoms with Crippen LogP contribution in [-0.4, -0.2) is 87.2 Å². The second-order valence-electron chi connectivity index (χ2n) is 8.78. The molecule has 2 N–H and O–H groups in total.